The minimum absolute atomic E-state index is 0.435. The molecule has 0 aliphatic carbocycles. The normalized spacial score (nSPS) is 14.5. The molecule has 0 aliphatic rings. The molecule has 0 spiro atoms. The minimum Gasteiger partial charge on any atom is -0.318 e. The second-order valence-electron chi connectivity index (χ2n) is 4.28. The third-order valence-electron chi connectivity index (χ3n) is 2.66. The highest BCUT2D eigenvalue weighted by molar-refractivity contribution is 7.85. The fraction of sp³-hybridized carbons (Fsp3) is 0.846. The van der Waals surface area contributed by atoms with Crippen LogP contribution in [0.1, 0.15) is 58.3 Å². The highest BCUT2D eigenvalue weighted by Crippen LogP contribution is 2.52. The van der Waals surface area contributed by atoms with Gasteiger partial charge in [-0.25, -0.2) is 0 Å². The molecule has 0 saturated heterocycles. The van der Waals surface area contributed by atoms with Crippen LogP contribution < -0.4 is 0 Å². The summed E-state index contributed by atoms with van der Waals surface area (Å²) in [4.78, 5) is 0. The first-order chi connectivity index (χ1) is 8.12. The van der Waals surface area contributed by atoms with Crippen molar-refractivity contribution in [2.24, 2.45) is 0 Å². The molecule has 0 aromatic heterocycles. The molecule has 4 heteroatoms. The second kappa shape index (κ2) is 11.3. The lowest BCUT2D eigenvalue weighted by molar-refractivity contribution is 0.344. The maximum Gasteiger partial charge on any atom is 0.290 e. The molecular weight excluding hydrogens is 255 g/mol. The van der Waals surface area contributed by atoms with E-state index in [9.17, 15) is 4.57 Å². The summed E-state index contributed by atoms with van der Waals surface area (Å²) >= 11 is 5.76. The lowest BCUT2D eigenvalue weighted by Crippen LogP contribution is -1.90. The Hall–Kier alpha value is 0.220. The molecule has 2 nitrogen and oxygen atoms in total. The summed E-state index contributed by atoms with van der Waals surface area (Å²) in [6.45, 7) is 3.16. The number of unbranched alkanes of at least 4 members (excludes halogenated alkanes) is 7. The van der Waals surface area contributed by atoms with E-state index in [1.54, 1.807) is 0 Å². The Morgan fingerprint density at radius 3 is 2.18 bits per heavy atom. The largest absolute Gasteiger partial charge is 0.318 e. The average molecular weight is 281 g/mol. The van der Waals surface area contributed by atoms with Gasteiger partial charge >= 0.3 is 0 Å². The van der Waals surface area contributed by atoms with Crippen LogP contribution in [0.5, 0.6) is 0 Å². The Morgan fingerprint density at radius 2 is 1.65 bits per heavy atom. The molecule has 0 aromatic rings. The second-order valence-corrected chi connectivity index (χ2v) is 7.72. The average Bonchev–Trinajstić information content (AvgIpc) is 2.27. The zero-order chi connectivity index (χ0) is 13.0. The predicted molar refractivity (Wildman–Crippen MR) is 77.1 cm³/mol. The van der Waals surface area contributed by atoms with E-state index in [1.807, 2.05) is 13.0 Å². The van der Waals surface area contributed by atoms with Crippen molar-refractivity contribution in [2.45, 2.75) is 58.3 Å². The molecule has 0 saturated carbocycles. The van der Waals surface area contributed by atoms with Crippen molar-refractivity contribution in [3.05, 3.63) is 12.7 Å². The Morgan fingerprint density at radius 1 is 1.12 bits per heavy atom. The van der Waals surface area contributed by atoms with Gasteiger partial charge in [0.25, 0.3) is 6.72 Å². The SMILES string of the molecule is C=CCCCCCCCCC[P@](=O)(Cl)OCC. The zero-order valence-corrected chi connectivity index (χ0v) is 12.6. The van der Waals surface area contributed by atoms with Crippen molar-refractivity contribution in [3.63, 3.8) is 0 Å². The molecule has 0 amide bonds. The van der Waals surface area contributed by atoms with Crippen LogP contribution >= 0.6 is 18.0 Å². The van der Waals surface area contributed by atoms with Crippen LogP contribution in [0.3, 0.4) is 0 Å². The molecule has 1 atom stereocenters. The van der Waals surface area contributed by atoms with Gasteiger partial charge in [-0.15, -0.1) is 6.58 Å². The Labute approximate surface area is 111 Å². The van der Waals surface area contributed by atoms with Crippen LogP contribution in [0.15, 0.2) is 12.7 Å². The van der Waals surface area contributed by atoms with Gasteiger partial charge in [-0.2, -0.15) is 0 Å². The first kappa shape index (κ1) is 17.2. The van der Waals surface area contributed by atoms with Gasteiger partial charge in [0.05, 0.1) is 6.61 Å². The lowest BCUT2D eigenvalue weighted by Gasteiger charge is -2.09. The van der Waals surface area contributed by atoms with Crippen LogP contribution in [0.2, 0.25) is 0 Å². The molecule has 0 fully saturated rings. The highest BCUT2D eigenvalue weighted by atomic mass is 35.7. The molecule has 0 radical (unpaired) electrons. The molecule has 0 aromatic carbocycles. The van der Waals surface area contributed by atoms with Crippen LogP contribution in [-0.2, 0) is 9.09 Å². The number of hydrogen-bond donors (Lipinski definition) is 0. The standard InChI is InChI=1S/C13H26ClO2P/c1-3-5-6-7-8-9-10-11-12-13-17(14,15)16-4-2/h3H,1,4-13H2,2H3/t17-/m1/s1. The van der Waals surface area contributed by atoms with Crippen LogP contribution in [0, 0.1) is 0 Å². The summed E-state index contributed by atoms with van der Waals surface area (Å²) < 4.78 is 16.6. The molecule has 102 valence electrons. The highest BCUT2D eigenvalue weighted by Gasteiger charge is 2.17. The zero-order valence-electron chi connectivity index (χ0n) is 11.0. The van der Waals surface area contributed by atoms with Gasteiger partial charge < -0.3 is 4.52 Å². The van der Waals surface area contributed by atoms with Gasteiger partial charge in [0, 0.05) is 6.16 Å². The predicted octanol–water partition coefficient (Wildman–Crippen LogP) is 5.76. The van der Waals surface area contributed by atoms with Crippen LogP contribution in [0.4, 0.5) is 0 Å². The third kappa shape index (κ3) is 12.5. The maximum atomic E-state index is 11.6. The van der Waals surface area contributed by atoms with Crippen LogP contribution in [-0.4, -0.2) is 12.8 Å². The van der Waals surface area contributed by atoms with Gasteiger partial charge in [0.15, 0.2) is 0 Å². The van der Waals surface area contributed by atoms with Gasteiger partial charge in [-0.1, -0.05) is 38.2 Å². The van der Waals surface area contributed by atoms with Crippen molar-refractivity contribution in [1.29, 1.82) is 0 Å². The first-order valence-corrected chi connectivity index (χ1v) is 9.38. The quantitative estimate of drug-likeness (QED) is 0.258. The molecule has 0 heterocycles. The number of rotatable bonds is 12. The van der Waals surface area contributed by atoms with Crippen molar-refractivity contribution >= 4 is 18.0 Å². The van der Waals surface area contributed by atoms with Crippen molar-refractivity contribution in [3.8, 4) is 0 Å². The summed E-state index contributed by atoms with van der Waals surface area (Å²) in [6, 6.07) is 0. The van der Waals surface area contributed by atoms with Crippen molar-refractivity contribution < 1.29 is 9.09 Å². The molecule has 17 heavy (non-hydrogen) atoms. The van der Waals surface area contributed by atoms with E-state index >= 15 is 0 Å². The van der Waals surface area contributed by atoms with Gasteiger partial charge in [-0.3, -0.25) is 4.57 Å². The Kier molecular flexibility index (Phi) is 11.5. The lowest BCUT2D eigenvalue weighted by atomic mass is 10.1. The molecule has 0 N–H and O–H groups in total. The summed E-state index contributed by atoms with van der Waals surface area (Å²) in [6.07, 6.45) is 11.9. The van der Waals surface area contributed by atoms with E-state index in [1.165, 1.54) is 32.1 Å². The fourth-order valence-electron chi connectivity index (χ4n) is 1.73. The van der Waals surface area contributed by atoms with Crippen molar-refractivity contribution in [2.75, 3.05) is 12.8 Å². The van der Waals surface area contributed by atoms with E-state index in [-0.39, 0.29) is 0 Å². The van der Waals surface area contributed by atoms with Gasteiger partial charge in [-0.05, 0) is 37.4 Å². The molecule has 0 unspecified atom stereocenters. The van der Waals surface area contributed by atoms with Crippen molar-refractivity contribution in [1.82, 2.24) is 0 Å². The van der Waals surface area contributed by atoms with E-state index in [0.29, 0.717) is 12.8 Å². The van der Waals surface area contributed by atoms with Gasteiger partial charge in [0.1, 0.15) is 0 Å². The number of allylic oxidation sites excluding steroid dienone is 1. The van der Waals surface area contributed by atoms with Crippen LogP contribution in [0.25, 0.3) is 0 Å². The summed E-state index contributed by atoms with van der Waals surface area (Å²) in [5.41, 5.74) is 0. The Balaban J connectivity index is 3.23. The summed E-state index contributed by atoms with van der Waals surface area (Å²) in [5.74, 6) is 0. The molecule has 0 rings (SSSR count). The van der Waals surface area contributed by atoms with Gasteiger partial charge in [0.2, 0.25) is 0 Å². The monoisotopic (exact) mass is 280 g/mol. The van der Waals surface area contributed by atoms with E-state index in [4.69, 9.17) is 15.8 Å². The fourth-order valence-corrected chi connectivity index (χ4v) is 3.50. The molecule has 0 bridgehead atoms. The van der Waals surface area contributed by atoms with E-state index in [0.717, 1.165) is 19.3 Å². The summed E-state index contributed by atoms with van der Waals surface area (Å²) in [5, 5.41) is 0. The minimum atomic E-state index is -2.80. The molecule has 0 aliphatic heterocycles. The third-order valence-corrected chi connectivity index (χ3v) is 4.95. The topological polar surface area (TPSA) is 26.3 Å². The summed E-state index contributed by atoms with van der Waals surface area (Å²) in [7, 11) is 0. The number of halogens is 1. The molecular formula is C13H26ClO2P. The van der Waals surface area contributed by atoms with E-state index < -0.39 is 6.72 Å². The first-order valence-electron chi connectivity index (χ1n) is 6.66. The van der Waals surface area contributed by atoms with E-state index in [2.05, 4.69) is 6.58 Å². The maximum absolute atomic E-state index is 11.6. The Bertz CT molecular complexity index is 231. The number of hydrogen-bond acceptors (Lipinski definition) is 2. The smallest absolute Gasteiger partial charge is 0.290 e.